The summed E-state index contributed by atoms with van der Waals surface area (Å²) in [6.45, 7) is 9.15. The number of hydrogen-bond donors (Lipinski definition) is 2. The fourth-order valence-corrected chi connectivity index (χ4v) is 3.66. The molecule has 142 valence electrons. The van der Waals surface area contributed by atoms with Crippen LogP contribution in [0.1, 0.15) is 48.1 Å². The fraction of sp³-hybridized carbons (Fsp3) is 0.364. The molecule has 1 fully saturated rings. The minimum absolute atomic E-state index is 0.106. The number of nitrogens with one attached hydrogen (secondary N) is 2. The lowest BCUT2D eigenvalue weighted by Gasteiger charge is -2.21. The molecular formula is C22H27N3OS. The van der Waals surface area contributed by atoms with Crippen LogP contribution in [0.4, 0.5) is 11.4 Å². The minimum Gasteiger partial charge on any atom is -0.356 e. The van der Waals surface area contributed by atoms with Crippen LogP contribution >= 0.6 is 12.2 Å². The first-order valence-electron chi connectivity index (χ1n) is 9.41. The Balaban J connectivity index is 1.68. The number of amides is 1. The molecule has 5 heteroatoms. The molecule has 0 spiro atoms. The number of nitrogens with zero attached hydrogens (tertiary/aromatic N) is 1. The second-order valence-electron chi connectivity index (χ2n) is 7.31. The molecule has 0 bridgehead atoms. The van der Waals surface area contributed by atoms with E-state index in [-0.39, 0.29) is 11.9 Å². The number of anilines is 2. The van der Waals surface area contributed by atoms with Gasteiger partial charge < -0.3 is 15.5 Å². The van der Waals surface area contributed by atoms with Crippen LogP contribution in [0.5, 0.6) is 0 Å². The van der Waals surface area contributed by atoms with Gasteiger partial charge in [-0.2, -0.15) is 0 Å². The minimum atomic E-state index is 0.106. The second kappa shape index (κ2) is 8.09. The highest BCUT2D eigenvalue weighted by Crippen LogP contribution is 2.28. The molecular weight excluding hydrogens is 354 g/mol. The van der Waals surface area contributed by atoms with E-state index >= 15 is 0 Å². The summed E-state index contributed by atoms with van der Waals surface area (Å²) in [6.07, 6.45) is 1.55. The van der Waals surface area contributed by atoms with Crippen molar-refractivity contribution in [1.29, 1.82) is 0 Å². The third-order valence-electron chi connectivity index (χ3n) is 5.21. The number of rotatable bonds is 4. The Labute approximate surface area is 167 Å². The van der Waals surface area contributed by atoms with Crippen molar-refractivity contribution in [2.45, 2.75) is 46.6 Å². The van der Waals surface area contributed by atoms with E-state index in [4.69, 9.17) is 12.2 Å². The van der Waals surface area contributed by atoms with Crippen molar-refractivity contribution in [3.63, 3.8) is 0 Å². The largest absolute Gasteiger partial charge is 0.356 e. The third-order valence-corrected chi connectivity index (χ3v) is 5.43. The normalized spacial score (nSPS) is 15.0. The number of carbonyl (C=O) groups excluding carboxylic acids is 1. The Hall–Kier alpha value is -2.40. The topological polar surface area (TPSA) is 44.4 Å². The van der Waals surface area contributed by atoms with Crippen molar-refractivity contribution in [1.82, 2.24) is 5.32 Å². The summed E-state index contributed by atoms with van der Waals surface area (Å²) < 4.78 is 0. The molecule has 1 aliphatic heterocycles. The molecule has 1 heterocycles. The maximum absolute atomic E-state index is 12.1. The molecule has 2 N–H and O–H groups in total. The van der Waals surface area contributed by atoms with Gasteiger partial charge in [0, 0.05) is 24.3 Å². The van der Waals surface area contributed by atoms with E-state index in [1.165, 1.54) is 16.7 Å². The van der Waals surface area contributed by atoms with Gasteiger partial charge in [-0.25, -0.2) is 0 Å². The Kier molecular flexibility index (Phi) is 5.80. The van der Waals surface area contributed by atoms with Crippen molar-refractivity contribution in [3.8, 4) is 0 Å². The zero-order chi connectivity index (χ0) is 19.6. The van der Waals surface area contributed by atoms with E-state index in [0.29, 0.717) is 11.5 Å². The first kappa shape index (κ1) is 19.4. The molecule has 0 aliphatic carbocycles. The standard InChI is InChI=1S/C22H27N3OS/c1-14-7-9-18(12-16(14)3)17(4)23-22(27)24-19-10-8-15(2)20(13-19)25-11-5-6-21(25)26/h7-10,12-13,17H,5-6,11H2,1-4H3,(H2,23,24,27)/t17-/m0/s1. The molecule has 1 atom stereocenters. The van der Waals surface area contributed by atoms with Gasteiger partial charge in [-0.3, -0.25) is 4.79 Å². The predicted octanol–water partition coefficient (Wildman–Crippen LogP) is 4.79. The number of hydrogen-bond acceptors (Lipinski definition) is 2. The Morgan fingerprint density at radius 2 is 1.81 bits per heavy atom. The summed E-state index contributed by atoms with van der Waals surface area (Å²) in [6, 6.07) is 12.6. The van der Waals surface area contributed by atoms with Crippen LogP contribution < -0.4 is 15.5 Å². The summed E-state index contributed by atoms with van der Waals surface area (Å²) in [4.78, 5) is 14.0. The van der Waals surface area contributed by atoms with Gasteiger partial charge in [-0.05, 0) is 80.7 Å². The van der Waals surface area contributed by atoms with Gasteiger partial charge in [0.15, 0.2) is 5.11 Å². The maximum atomic E-state index is 12.1. The molecule has 27 heavy (non-hydrogen) atoms. The van der Waals surface area contributed by atoms with Crippen molar-refractivity contribution < 1.29 is 4.79 Å². The van der Waals surface area contributed by atoms with Gasteiger partial charge in [0.2, 0.25) is 5.91 Å². The van der Waals surface area contributed by atoms with E-state index in [1.807, 2.05) is 30.0 Å². The predicted molar refractivity (Wildman–Crippen MR) is 116 cm³/mol. The highest BCUT2D eigenvalue weighted by atomic mass is 32.1. The molecule has 1 saturated heterocycles. The lowest BCUT2D eigenvalue weighted by Crippen LogP contribution is -2.31. The molecule has 1 amide bonds. The van der Waals surface area contributed by atoms with Gasteiger partial charge >= 0.3 is 0 Å². The van der Waals surface area contributed by atoms with Crippen molar-refractivity contribution in [3.05, 3.63) is 58.7 Å². The van der Waals surface area contributed by atoms with E-state index in [9.17, 15) is 4.79 Å². The lowest BCUT2D eigenvalue weighted by molar-refractivity contribution is -0.117. The summed E-state index contributed by atoms with van der Waals surface area (Å²) in [5.41, 5.74) is 6.72. The van der Waals surface area contributed by atoms with Crippen molar-refractivity contribution in [2.75, 3.05) is 16.8 Å². The van der Waals surface area contributed by atoms with Gasteiger partial charge in [0.05, 0.1) is 6.04 Å². The van der Waals surface area contributed by atoms with Crippen LogP contribution in [0.3, 0.4) is 0 Å². The second-order valence-corrected chi connectivity index (χ2v) is 7.72. The van der Waals surface area contributed by atoms with Crippen LogP contribution in [0.25, 0.3) is 0 Å². The Morgan fingerprint density at radius 3 is 2.48 bits per heavy atom. The molecule has 0 unspecified atom stereocenters. The highest BCUT2D eigenvalue weighted by molar-refractivity contribution is 7.80. The highest BCUT2D eigenvalue weighted by Gasteiger charge is 2.23. The molecule has 2 aromatic rings. The van der Waals surface area contributed by atoms with E-state index in [1.54, 1.807) is 0 Å². The van der Waals surface area contributed by atoms with Crippen LogP contribution in [0, 0.1) is 20.8 Å². The van der Waals surface area contributed by atoms with E-state index < -0.39 is 0 Å². The quantitative estimate of drug-likeness (QED) is 0.748. The van der Waals surface area contributed by atoms with Gasteiger partial charge in [-0.15, -0.1) is 0 Å². The molecule has 2 aromatic carbocycles. The summed E-state index contributed by atoms with van der Waals surface area (Å²) in [5.74, 6) is 0.194. The molecule has 3 rings (SSSR count). The fourth-order valence-electron chi connectivity index (χ4n) is 3.36. The average Bonchev–Trinajstić information content (AvgIpc) is 3.04. The van der Waals surface area contributed by atoms with Crippen LogP contribution in [0.15, 0.2) is 36.4 Å². The van der Waals surface area contributed by atoms with Gasteiger partial charge in [0.1, 0.15) is 0 Å². The van der Waals surface area contributed by atoms with Crippen LogP contribution in [-0.4, -0.2) is 17.6 Å². The molecule has 0 radical (unpaired) electrons. The smallest absolute Gasteiger partial charge is 0.227 e. The zero-order valence-electron chi connectivity index (χ0n) is 16.4. The summed E-state index contributed by atoms with van der Waals surface area (Å²) in [5, 5.41) is 7.17. The number of aryl methyl sites for hydroxylation is 3. The SMILES string of the molecule is Cc1ccc([C@H](C)NC(=S)Nc2ccc(C)c(N3CCCC3=O)c2)cc1C. The van der Waals surface area contributed by atoms with Crippen LogP contribution in [0.2, 0.25) is 0 Å². The number of carbonyl (C=O) groups is 1. The van der Waals surface area contributed by atoms with Crippen molar-refractivity contribution >= 4 is 34.6 Å². The monoisotopic (exact) mass is 381 g/mol. The van der Waals surface area contributed by atoms with Gasteiger partial charge in [0.25, 0.3) is 0 Å². The molecule has 0 saturated carbocycles. The van der Waals surface area contributed by atoms with Crippen molar-refractivity contribution in [2.24, 2.45) is 0 Å². The van der Waals surface area contributed by atoms with E-state index in [2.05, 4.69) is 49.6 Å². The Morgan fingerprint density at radius 1 is 1.07 bits per heavy atom. The van der Waals surface area contributed by atoms with E-state index in [0.717, 1.165) is 29.9 Å². The van der Waals surface area contributed by atoms with Gasteiger partial charge in [-0.1, -0.05) is 24.3 Å². The molecule has 4 nitrogen and oxygen atoms in total. The zero-order valence-corrected chi connectivity index (χ0v) is 17.2. The third kappa shape index (κ3) is 4.48. The summed E-state index contributed by atoms with van der Waals surface area (Å²) in [7, 11) is 0. The maximum Gasteiger partial charge on any atom is 0.227 e. The molecule has 0 aromatic heterocycles. The average molecular weight is 382 g/mol. The molecule has 1 aliphatic rings. The number of benzene rings is 2. The first-order chi connectivity index (χ1) is 12.8. The number of thiocarbonyl (C=S) groups is 1. The van der Waals surface area contributed by atoms with Crippen LogP contribution in [-0.2, 0) is 4.79 Å². The lowest BCUT2D eigenvalue weighted by atomic mass is 10.0. The Bertz CT molecular complexity index is 878. The first-order valence-corrected chi connectivity index (χ1v) is 9.81. The summed E-state index contributed by atoms with van der Waals surface area (Å²) >= 11 is 5.50.